The van der Waals surface area contributed by atoms with Crippen LogP contribution < -0.4 is 5.56 Å². The van der Waals surface area contributed by atoms with Crippen molar-refractivity contribution in [3.63, 3.8) is 0 Å². The van der Waals surface area contributed by atoms with Crippen LogP contribution in [-0.4, -0.2) is 15.9 Å². The molecule has 0 fully saturated rings. The van der Waals surface area contributed by atoms with Gasteiger partial charge >= 0.3 is 5.97 Å². The minimum Gasteiger partial charge on any atom is -0.477 e. The molecule has 3 aromatic rings. The van der Waals surface area contributed by atoms with E-state index < -0.39 is 17.1 Å². The van der Waals surface area contributed by atoms with E-state index in [1.54, 1.807) is 48.5 Å². The van der Waals surface area contributed by atoms with E-state index in [1.165, 1.54) is 6.07 Å². The van der Waals surface area contributed by atoms with Crippen molar-refractivity contribution in [3.05, 3.63) is 70.5 Å². The zero-order chi connectivity index (χ0) is 15.0. The van der Waals surface area contributed by atoms with Crippen molar-refractivity contribution in [3.8, 4) is 11.1 Å². The number of para-hydroxylation sites is 1. The van der Waals surface area contributed by atoms with Crippen molar-refractivity contribution in [1.29, 1.82) is 0 Å². The zero-order valence-corrected chi connectivity index (χ0v) is 10.8. The van der Waals surface area contributed by atoms with Crippen molar-refractivity contribution in [1.82, 2.24) is 4.79 Å². The van der Waals surface area contributed by atoms with Crippen LogP contribution in [0.3, 0.4) is 0 Å². The van der Waals surface area contributed by atoms with Gasteiger partial charge in [0.2, 0.25) is 0 Å². The average Bonchev–Trinajstić information content (AvgIpc) is 2.51. The molecule has 0 atom stereocenters. The monoisotopic (exact) mass is 283 g/mol. The molecule has 0 aliphatic carbocycles. The van der Waals surface area contributed by atoms with E-state index in [1.807, 2.05) is 0 Å². The fraction of sp³-hybridized carbons (Fsp3) is 0. The first kappa shape index (κ1) is 13.1. The maximum atomic E-state index is 14.1. The lowest BCUT2D eigenvalue weighted by molar-refractivity contribution is 0.0694. The summed E-state index contributed by atoms with van der Waals surface area (Å²) in [5, 5.41) is 9.69. The van der Waals surface area contributed by atoms with E-state index in [0.717, 1.165) is 0 Å². The van der Waals surface area contributed by atoms with Gasteiger partial charge in [-0.3, -0.25) is 4.79 Å². The van der Waals surface area contributed by atoms with Gasteiger partial charge in [0, 0.05) is 10.9 Å². The number of carboxylic acids is 1. The molecule has 1 aromatic heterocycles. The predicted molar refractivity (Wildman–Crippen MR) is 77.1 cm³/mol. The van der Waals surface area contributed by atoms with Crippen LogP contribution in [0.4, 0.5) is 4.48 Å². The van der Waals surface area contributed by atoms with Gasteiger partial charge in [0.1, 0.15) is 5.56 Å². The highest BCUT2D eigenvalue weighted by Gasteiger charge is 2.22. The summed E-state index contributed by atoms with van der Waals surface area (Å²) in [7, 11) is 0. The highest BCUT2D eigenvalue weighted by Crippen LogP contribution is 2.30. The number of hydrogen-bond acceptors (Lipinski definition) is 2. The molecule has 1 N–H and O–H groups in total. The van der Waals surface area contributed by atoms with Crippen LogP contribution in [0.5, 0.6) is 0 Å². The van der Waals surface area contributed by atoms with Crippen LogP contribution in [-0.2, 0) is 0 Å². The predicted octanol–water partition coefficient (Wildman–Crippen LogP) is 3.10. The average molecular weight is 283 g/mol. The molecule has 21 heavy (non-hydrogen) atoms. The number of carboxylic acid groups (broad SMARTS) is 1. The van der Waals surface area contributed by atoms with E-state index in [0.29, 0.717) is 10.9 Å². The Morgan fingerprint density at radius 2 is 1.62 bits per heavy atom. The fourth-order valence-electron chi connectivity index (χ4n) is 2.41. The number of rotatable bonds is 2. The number of hydrogen-bond donors (Lipinski definition) is 1. The number of carbonyl (C=O) groups is 1. The van der Waals surface area contributed by atoms with Gasteiger partial charge in [-0.1, -0.05) is 53.0 Å². The second kappa shape index (κ2) is 4.86. The Morgan fingerprint density at radius 1 is 1.00 bits per heavy atom. The number of aromatic nitrogens is 1. The van der Waals surface area contributed by atoms with Gasteiger partial charge in [0.05, 0.1) is 5.52 Å². The summed E-state index contributed by atoms with van der Waals surface area (Å²) in [6, 6.07) is 14.9. The van der Waals surface area contributed by atoms with Crippen LogP contribution in [0, 0.1) is 0 Å². The summed E-state index contributed by atoms with van der Waals surface area (Å²) in [6.45, 7) is 0. The molecule has 0 bridgehead atoms. The first-order valence-electron chi connectivity index (χ1n) is 6.24. The van der Waals surface area contributed by atoms with Crippen molar-refractivity contribution >= 4 is 16.9 Å². The van der Waals surface area contributed by atoms with Gasteiger partial charge < -0.3 is 5.11 Å². The number of pyridine rings is 1. The van der Waals surface area contributed by atoms with E-state index in [-0.39, 0.29) is 15.9 Å². The summed E-state index contributed by atoms with van der Waals surface area (Å²) >= 11 is 0. The number of halogens is 1. The largest absolute Gasteiger partial charge is 0.477 e. The van der Waals surface area contributed by atoms with Crippen molar-refractivity contribution < 1.29 is 14.4 Å². The summed E-state index contributed by atoms with van der Waals surface area (Å²) in [5.74, 6) is -1.45. The summed E-state index contributed by atoms with van der Waals surface area (Å²) in [6.07, 6.45) is 0. The molecule has 0 saturated heterocycles. The maximum absolute atomic E-state index is 14.1. The number of benzene rings is 2. The van der Waals surface area contributed by atoms with Gasteiger partial charge in [0.25, 0.3) is 5.56 Å². The smallest absolute Gasteiger partial charge is 0.342 e. The highest BCUT2D eigenvalue weighted by molar-refractivity contribution is 6.06. The van der Waals surface area contributed by atoms with Crippen LogP contribution in [0.25, 0.3) is 22.0 Å². The van der Waals surface area contributed by atoms with Crippen LogP contribution >= 0.6 is 0 Å². The molecule has 0 aliphatic rings. The fourth-order valence-corrected chi connectivity index (χ4v) is 2.41. The molecule has 3 rings (SSSR count). The van der Waals surface area contributed by atoms with Gasteiger partial charge in [-0.25, -0.2) is 4.79 Å². The van der Waals surface area contributed by atoms with Crippen LogP contribution in [0.1, 0.15) is 10.4 Å². The van der Waals surface area contributed by atoms with Crippen molar-refractivity contribution in [2.24, 2.45) is 0 Å². The molecule has 4 nitrogen and oxygen atoms in total. The summed E-state index contributed by atoms with van der Waals surface area (Å²) < 4.78 is 14.1. The third-order valence-corrected chi connectivity index (χ3v) is 3.30. The first-order chi connectivity index (χ1) is 10.1. The standard InChI is InChI=1S/C16H10FNO3/c17-18-12-9-5-4-8-11(12)13(10-6-2-1-3-7-10)14(15(18)19)16(20)21/h1-9H,(H,20,21). The molecule has 0 spiro atoms. The van der Waals surface area contributed by atoms with Gasteiger partial charge in [-0.05, 0) is 11.6 Å². The van der Waals surface area contributed by atoms with E-state index in [4.69, 9.17) is 0 Å². The Hall–Kier alpha value is -2.95. The van der Waals surface area contributed by atoms with E-state index >= 15 is 0 Å². The minimum absolute atomic E-state index is 0.0475. The quantitative estimate of drug-likeness (QED) is 0.786. The molecule has 0 aliphatic heterocycles. The second-order valence-corrected chi connectivity index (χ2v) is 4.52. The highest BCUT2D eigenvalue weighted by atomic mass is 19.2. The molecular weight excluding hydrogens is 273 g/mol. The maximum Gasteiger partial charge on any atom is 0.342 e. The molecule has 0 amide bonds. The summed E-state index contributed by atoms with van der Waals surface area (Å²) in [5.41, 5.74) is -0.893. The minimum atomic E-state index is -1.45. The number of aromatic carboxylic acids is 1. The third-order valence-electron chi connectivity index (χ3n) is 3.30. The van der Waals surface area contributed by atoms with E-state index in [9.17, 15) is 19.2 Å². The molecule has 104 valence electrons. The first-order valence-corrected chi connectivity index (χ1v) is 6.24. The lowest BCUT2D eigenvalue weighted by Crippen LogP contribution is -2.24. The van der Waals surface area contributed by atoms with Gasteiger partial charge in [0.15, 0.2) is 0 Å². The molecule has 0 saturated carbocycles. The Bertz CT molecular complexity index is 901. The van der Waals surface area contributed by atoms with Crippen LogP contribution in [0.15, 0.2) is 59.4 Å². The number of nitrogens with zero attached hydrogens (tertiary/aromatic N) is 1. The normalized spacial score (nSPS) is 10.7. The molecule has 0 radical (unpaired) electrons. The van der Waals surface area contributed by atoms with Gasteiger partial charge in [-0.2, -0.15) is 0 Å². The van der Waals surface area contributed by atoms with Crippen molar-refractivity contribution in [2.45, 2.75) is 0 Å². The topological polar surface area (TPSA) is 59.3 Å². The Morgan fingerprint density at radius 3 is 2.29 bits per heavy atom. The third kappa shape index (κ3) is 1.99. The summed E-state index contributed by atoms with van der Waals surface area (Å²) in [4.78, 5) is 23.3. The molecular formula is C16H10FNO3. The zero-order valence-electron chi connectivity index (χ0n) is 10.8. The van der Waals surface area contributed by atoms with Gasteiger partial charge in [-0.15, -0.1) is 4.79 Å². The Kier molecular flexibility index (Phi) is 3.02. The molecule has 1 heterocycles. The molecule has 2 aromatic carbocycles. The van der Waals surface area contributed by atoms with Crippen LogP contribution in [0.2, 0.25) is 0 Å². The SMILES string of the molecule is O=C(O)c1c(-c2ccccc2)c2ccccc2n(F)c1=O. The Labute approximate surface area is 118 Å². The Balaban J connectivity index is 2.57. The second-order valence-electron chi connectivity index (χ2n) is 4.52. The van der Waals surface area contributed by atoms with E-state index in [2.05, 4.69) is 0 Å². The lowest BCUT2D eigenvalue weighted by Gasteiger charge is -2.11. The molecule has 5 heteroatoms. The lowest BCUT2D eigenvalue weighted by atomic mass is 9.96. The molecule has 0 unspecified atom stereocenters. The van der Waals surface area contributed by atoms with Crippen molar-refractivity contribution in [2.75, 3.05) is 0 Å². The number of fused-ring (bicyclic) bond motifs is 1.